The van der Waals surface area contributed by atoms with Gasteiger partial charge in [-0.05, 0) is 43.9 Å². The molecule has 8 nitrogen and oxygen atoms in total. The zero-order valence-corrected chi connectivity index (χ0v) is 18.5. The van der Waals surface area contributed by atoms with Crippen molar-refractivity contribution >= 4 is 27.5 Å². The van der Waals surface area contributed by atoms with Crippen molar-refractivity contribution in [3.8, 4) is 21.1 Å². The molecule has 1 atom stereocenters. The Balaban J connectivity index is 1.52. The normalized spacial score (nSPS) is 15.1. The third-order valence-electron chi connectivity index (χ3n) is 5.17. The molecule has 0 aromatic carbocycles. The smallest absolute Gasteiger partial charge is 0.266 e. The van der Waals surface area contributed by atoms with Gasteiger partial charge in [0.2, 0.25) is 0 Å². The predicted octanol–water partition coefficient (Wildman–Crippen LogP) is 3.11. The van der Waals surface area contributed by atoms with Crippen LogP contribution in [0.15, 0.2) is 42.9 Å². The number of aromatic nitrogens is 3. The molecular weight excluding hydrogens is 441 g/mol. The minimum atomic E-state index is -3.98. The van der Waals surface area contributed by atoms with E-state index in [4.69, 9.17) is 0 Å². The van der Waals surface area contributed by atoms with Gasteiger partial charge in [0.1, 0.15) is 16.5 Å². The van der Waals surface area contributed by atoms with Crippen LogP contribution in [-0.4, -0.2) is 46.7 Å². The Hall–Kier alpha value is -2.76. The summed E-state index contributed by atoms with van der Waals surface area (Å²) in [4.78, 5) is 25.6. The van der Waals surface area contributed by atoms with Crippen LogP contribution in [0.4, 0.5) is 4.39 Å². The van der Waals surface area contributed by atoms with Crippen LogP contribution in [0.3, 0.4) is 0 Å². The Bertz CT molecular complexity index is 1230. The average molecular weight is 462 g/mol. The second kappa shape index (κ2) is 8.40. The number of carbonyl (C=O) groups excluding carboxylic acids is 1. The van der Waals surface area contributed by atoms with Crippen LogP contribution in [0.2, 0.25) is 0 Å². The molecule has 3 aromatic heterocycles. The summed E-state index contributed by atoms with van der Waals surface area (Å²) in [7, 11) is -2.52. The number of pyridine rings is 2. The van der Waals surface area contributed by atoms with Gasteiger partial charge in [-0.15, -0.1) is 11.3 Å². The average Bonchev–Trinajstić information content (AvgIpc) is 3.48. The Morgan fingerprint density at radius 1 is 1.29 bits per heavy atom. The molecule has 31 heavy (non-hydrogen) atoms. The molecule has 162 valence electrons. The van der Waals surface area contributed by atoms with E-state index in [1.165, 1.54) is 41.0 Å². The predicted molar refractivity (Wildman–Crippen MR) is 115 cm³/mol. The number of hydrogen-bond donors (Lipinski definition) is 1. The first-order chi connectivity index (χ1) is 14.7. The maximum Gasteiger partial charge on any atom is 0.304 e. The van der Waals surface area contributed by atoms with Gasteiger partial charge in [-0.2, -0.15) is 12.7 Å². The minimum Gasteiger partial charge on any atom is -0.266 e. The molecule has 0 aliphatic heterocycles. The molecule has 1 fully saturated rings. The number of halogens is 1. The number of nitrogens with one attached hydrogen (secondary N) is 1. The van der Waals surface area contributed by atoms with Gasteiger partial charge in [-0.3, -0.25) is 9.78 Å². The van der Waals surface area contributed by atoms with E-state index < -0.39 is 21.9 Å². The summed E-state index contributed by atoms with van der Waals surface area (Å²) in [6, 6.07) is 5.89. The molecule has 3 aromatic rings. The monoisotopic (exact) mass is 461 g/mol. The van der Waals surface area contributed by atoms with E-state index in [9.17, 15) is 17.6 Å². The van der Waals surface area contributed by atoms with Crippen molar-refractivity contribution in [1.29, 1.82) is 0 Å². The molecule has 1 aliphatic rings. The number of carbonyl (C=O) groups is 1. The molecule has 11 heteroatoms. The van der Waals surface area contributed by atoms with Gasteiger partial charge in [-0.1, -0.05) is 6.07 Å². The summed E-state index contributed by atoms with van der Waals surface area (Å²) in [5.41, 5.74) is 0.956. The lowest BCUT2D eigenvalue weighted by atomic mass is 10.2. The van der Waals surface area contributed by atoms with Gasteiger partial charge < -0.3 is 0 Å². The van der Waals surface area contributed by atoms with E-state index in [0.717, 1.165) is 19.0 Å². The quantitative estimate of drug-likeness (QED) is 0.580. The Morgan fingerprint density at radius 2 is 2.06 bits per heavy atom. The highest BCUT2D eigenvalue weighted by Gasteiger charge is 2.36. The number of thiazole rings is 1. The summed E-state index contributed by atoms with van der Waals surface area (Å²) in [5.74, 6) is -0.948. The van der Waals surface area contributed by atoms with Crippen molar-refractivity contribution in [3.63, 3.8) is 0 Å². The number of hydrogen-bond acceptors (Lipinski definition) is 7. The van der Waals surface area contributed by atoms with E-state index in [2.05, 4.69) is 19.7 Å². The molecule has 1 N–H and O–H groups in total. The van der Waals surface area contributed by atoms with Crippen molar-refractivity contribution in [2.75, 3.05) is 7.05 Å². The summed E-state index contributed by atoms with van der Waals surface area (Å²) < 4.78 is 41.8. The highest BCUT2D eigenvalue weighted by molar-refractivity contribution is 7.87. The number of rotatable bonds is 7. The van der Waals surface area contributed by atoms with E-state index in [1.54, 1.807) is 18.3 Å². The SMILES string of the molecule is CC(C1CC1)N(C)S(=O)(=O)NC(=O)c1cccc(-c2cnc(-c3cncc(F)c3)s2)n1. The lowest BCUT2D eigenvalue weighted by molar-refractivity contribution is 0.0974. The highest BCUT2D eigenvalue weighted by atomic mass is 32.2. The van der Waals surface area contributed by atoms with Crippen molar-refractivity contribution in [2.24, 2.45) is 5.92 Å². The first-order valence-corrected chi connectivity index (χ1v) is 11.8. The van der Waals surface area contributed by atoms with Crippen LogP contribution < -0.4 is 4.72 Å². The van der Waals surface area contributed by atoms with Crippen LogP contribution in [0.5, 0.6) is 0 Å². The van der Waals surface area contributed by atoms with Gasteiger partial charge in [0, 0.05) is 31.0 Å². The van der Waals surface area contributed by atoms with Gasteiger partial charge in [0.15, 0.2) is 0 Å². The van der Waals surface area contributed by atoms with E-state index >= 15 is 0 Å². The number of nitrogens with zero attached hydrogens (tertiary/aromatic N) is 4. The van der Waals surface area contributed by atoms with Crippen molar-refractivity contribution < 1.29 is 17.6 Å². The maximum absolute atomic E-state index is 13.4. The molecule has 0 radical (unpaired) electrons. The molecule has 1 aliphatic carbocycles. The largest absolute Gasteiger partial charge is 0.304 e. The molecule has 0 bridgehead atoms. The summed E-state index contributed by atoms with van der Waals surface area (Å²) >= 11 is 1.26. The zero-order chi connectivity index (χ0) is 22.2. The van der Waals surface area contributed by atoms with Crippen LogP contribution in [-0.2, 0) is 10.2 Å². The van der Waals surface area contributed by atoms with Gasteiger partial charge in [0.05, 0.1) is 16.8 Å². The molecule has 4 rings (SSSR count). The summed E-state index contributed by atoms with van der Waals surface area (Å²) in [5, 5.41) is 0.553. The van der Waals surface area contributed by atoms with Crippen molar-refractivity contribution in [3.05, 3.63) is 54.4 Å². The minimum absolute atomic E-state index is 0.0316. The van der Waals surface area contributed by atoms with Crippen molar-refractivity contribution in [1.82, 2.24) is 24.0 Å². The third-order valence-corrected chi connectivity index (χ3v) is 7.77. The van der Waals surface area contributed by atoms with E-state index in [1.807, 2.05) is 6.92 Å². The van der Waals surface area contributed by atoms with E-state index in [-0.39, 0.29) is 11.7 Å². The molecule has 1 amide bonds. The molecule has 1 saturated carbocycles. The fraction of sp³-hybridized carbons (Fsp3) is 0.300. The summed E-state index contributed by atoms with van der Waals surface area (Å²) in [6.45, 7) is 1.83. The molecule has 0 spiro atoms. The second-order valence-corrected chi connectivity index (χ2v) is 10.1. The first-order valence-electron chi connectivity index (χ1n) is 9.59. The third kappa shape index (κ3) is 4.78. The van der Waals surface area contributed by atoms with Crippen LogP contribution >= 0.6 is 11.3 Å². The topological polar surface area (TPSA) is 105 Å². The Morgan fingerprint density at radius 3 is 2.77 bits per heavy atom. The lowest BCUT2D eigenvalue weighted by Gasteiger charge is -2.23. The van der Waals surface area contributed by atoms with Crippen LogP contribution in [0.1, 0.15) is 30.3 Å². The van der Waals surface area contributed by atoms with Crippen LogP contribution in [0.25, 0.3) is 21.1 Å². The van der Waals surface area contributed by atoms with Crippen molar-refractivity contribution in [2.45, 2.75) is 25.8 Å². The molecule has 0 saturated heterocycles. The van der Waals surface area contributed by atoms with Gasteiger partial charge >= 0.3 is 10.2 Å². The van der Waals surface area contributed by atoms with Gasteiger partial charge in [0.25, 0.3) is 5.91 Å². The molecular formula is C20H20FN5O3S2. The van der Waals surface area contributed by atoms with Gasteiger partial charge in [-0.25, -0.2) is 19.1 Å². The molecule has 1 unspecified atom stereocenters. The zero-order valence-electron chi connectivity index (χ0n) is 16.8. The fourth-order valence-electron chi connectivity index (χ4n) is 3.09. The summed E-state index contributed by atoms with van der Waals surface area (Å²) in [6.07, 6.45) is 6.16. The standard InChI is InChI=1S/C20H20FN5O3S2/c1-12(13-6-7-13)26(2)31(28,29)25-19(27)17-5-3-4-16(24-17)18-11-23-20(30-18)14-8-15(21)10-22-9-14/h3-5,8-13H,6-7H2,1-2H3,(H,25,27). The highest BCUT2D eigenvalue weighted by Crippen LogP contribution is 2.35. The lowest BCUT2D eigenvalue weighted by Crippen LogP contribution is -2.46. The van der Waals surface area contributed by atoms with Crippen LogP contribution in [0, 0.1) is 11.7 Å². The fourth-order valence-corrected chi connectivity index (χ4v) is 5.05. The van der Waals surface area contributed by atoms with E-state index in [0.29, 0.717) is 27.1 Å². The molecule has 3 heterocycles. The second-order valence-electron chi connectivity index (χ2n) is 7.36. The Kier molecular flexibility index (Phi) is 5.82. The Labute approximate surface area is 183 Å². The number of amides is 1. The maximum atomic E-state index is 13.4. The first kappa shape index (κ1) is 21.5.